The summed E-state index contributed by atoms with van der Waals surface area (Å²) in [6.07, 6.45) is 1.75. The van der Waals surface area contributed by atoms with E-state index < -0.39 is 5.91 Å². The molecule has 0 bridgehead atoms. The number of hydrazone groups is 1. The van der Waals surface area contributed by atoms with E-state index in [9.17, 15) is 4.79 Å². The summed E-state index contributed by atoms with van der Waals surface area (Å²) < 4.78 is 2.97. The van der Waals surface area contributed by atoms with Gasteiger partial charge in [0.15, 0.2) is 10.2 Å². The van der Waals surface area contributed by atoms with E-state index in [2.05, 4.69) is 39.8 Å². The second kappa shape index (κ2) is 7.68. The first-order valence-corrected chi connectivity index (χ1v) is 11.1. The molecule has 4 rings (SSSR count). The first kappa shape index (κ1) is 19.7. The van der Waals surface area contributed by atoms with Gasteiger partial charge in [-0.1, -0.05) is 30.8 Å². The van der Waals surface area contributed by atoms with E-state index in [0.717, 1.165) is 32.8 Å². The molecule has 0 radical (unpaired) electrons. The van der Waals surface area contributed by atoms with Gasteiger partial charge in [-0.05, 0) is 73.7 Å². The molecule has 1 aromatic carbocycles. The van der Waals surface area contributed by atoms with Crippen molar-refractivity contribution in [1.82, 2.24) is 9.58 Å². The summed E-state index contributed by atoms with van der Waals surface area (Å²) in [5.41, 5.74) is 5.50. The predicted octanol–water partition coefficient (Wildman–Crippen LogP) is 4.73. The smallest absolute Gasteiger partial charge is 0.283 e. The number of nitrogens with one attached hydrogen (secondary N) is 1. The van der Waals surface area contributed by atoms with Crippen LogP contribution in [0.4, 0.5) is 0 Å². The number of aryl methyl sites for hydroxylation is 2. The Kier molecular flexibility index (Phi) is 5.23. The van der Waals surface area contributed by atoms with Crippen molar-refractivity contribution in [2.45, 2.75) is 27.7 Å². The minimum atomic E-state index is -0.396. The molecule has 0 saturated heterocycles. The Morgan fingerprint density at radius 2 is 2.03 bits per heavy atom. The lowest BCUT2D eigenvalue weighted by atomic mass is 10.1. The monoisotopic (exact) mass is 423 g/mol. The molecule has 0 aliphatic carbocycles. The van der Waals surface area contributed by atoms with Gasteiger partial charge in [0.2, 0.25) is 5.17 Å². The zero-order valence-corrected chi connectivity index (χ0v) is 18.3. The number of carbonyl (C=O) groups is 1. The number of carbonyl (C=O) groups excluding carboxylic acids is 1. The molecule has 1 aromatic heterocycles. The van der Waals surface area contributed by atoms with E-state index >= 15 is 0 Å². The number of thioether (sulfide) groups is 2. The summed E-state index contributed by atoms with van der Waals surface area (Å²) >= 11 is 2.92. The highest BCUT2D eigenvalue weighted by Crippen LogP contribution is 2.33. The van der Waals surface area contributed by atoms with Gasteiger partial charge in [-0.25, -0.2) is 0 Å². The van der Waals surface area contributed by atoms with Crippen molar-refractivity contribution in [1.29, 1.82) is 5.41 Å². The Hall–Kier alpha value is -2.58. The Morgan fingerprint density at radius 1 is 1.24 bits per heavy atom. The average molecular weight is 424 g/mol. The van der Waals surface area contributed by atoms with Gasteiger partial charge in [0.25, 0.3) is 5.91 Å². The molecule has 0 atom stereocenters. The van der Waals surface area contributed by atoms with Crippen LogP contribution in [0.25, 0.3) is 11.8 Å². The first-order valence-electron chi connectivity index (χ1n) is 9.28. The number of hydrogen-bond donors (Lipinski definition) is 1. The Morgan fingerprint density at radius 3 is 2.76 bits per heavy atom. The van der Waals surface area contributed by atoms with E-state index in [-0.39, 0.29) is 11.4 Å². The molecule has 1 amide bonds. The standard InChI is InChI=1S/C21H21N5OS2/c1-5-28-21-24-26-18(22)17(19(27)23-20(26)29-21)11-15-10-13(3)25(14(15)4)16-8-6-7-12(2)9-16/h6-11,22H,5H2,1-4H3/b17-11+,22-18?. The topological polar surface area (TPSA) is 73.8 Å². The molecule has 0 unspecified atom stereocenters. The van der Waals surface area contributed by atoms with Crippen LogP contribution in [0.15, 0.2) is 46.0 Å². The number of amides is 1. The number of nitrogens with zero attached hydrogens (tertiary/aromatic N) is 4. The lowest BCUT2D eigenvalue weighted by Crippen LogP contribution is -2.35. The van der Waals surface area contributed by atoms with Gasteiger partial charge in [0.1, 0.15) is 0 Å². The number of rotatable bonds is 3. The molecule has 2 aliphatic rings. The molecule has 6 nitrogen and oxygen atoms in total. The van der Waals surface area contributed by atoms with Gasteiger partial charge in [-0.2, -0.15) is 10.0 Å². The Balaban J connectivity index is 1.73. The summed E-state index contributed by atoms with van der Waals surface area (Å²) in [6, 6.07) is 10.3. The van der Waals surface area contributed by atoms with Crippen molar-refractivity contribution in [2.24, 2.45) is 10.1 Å². The van der Waals surface area contributed by atoms with Crippen LogP contribution in [-0.2, 0) is 4.79 Å². The molecular weight excluding hydrogens is 402 g/mol. The molecule has 0 spiro atoms. The van der Waals surface area contributed by atoms with Gasteiger partial charge < -0.3 is 4.57 Å². The summed E-state index contributed by atoms with van der Waals surface area (Å²) in [4.78, 5) is 16.8. The van der Waals surface area contributed by atoms with Crippen LogP contribution >= 0.6 is 23.5 Å². The first-order chi connectivity index (χ1) is 13.9. The quantitative estimate of drug-likeness (QED) is 0.724. The zero-order valence-electron chi connectivity index (χ0n) is 16.7. The highest BCUT2D eigenvalue weighted by atomic mass is 32.2. The molecule has 0 fully saturated rings. The van der Waals surface area contributed by atoms with Crippen LogP contribution in [0.5, 0.6) is 0 Å². The van der Waals surface area contributed by atoms with Crippen molar-refractivity contribution in [3.8, 4) is 5.69 Å². The average Bonchev–Trinajstić information content (AvgIpc) is 3.19. The van der Waals surface area contributed by atoms with E-state index in [1.807, 2.05) is 32.9 Å². The lowest BCUT2D eigenvalue weighted by Gasteiger charge is -2.20. The molecule has 3 heterocycles. The molecule has 8 heteroatoms. The Bertz CT molecular complexity index is 1130. The number of amidine groups is 2. The number of aliphatic imine (C=N–C) groups is 1. The fraction of sp³-hybridized carbons (Fsp3) is 0.238. The van der Waals surface area contributed by atoms with E-state index in [4.69, 9.17) is 5.41 Å². The van der Waals surface area contributed by atoms with Gasteiger partial charge in [-0.3, -0.25) is 10.2 Å². The number of benzene rings is 1. The SMILES string of the molecule is CCSC1=NN2C(=N)/C(=C\c3cc(C)n(-c4cccc(C)c4)c3C)C(=O)N=C2S1. The van der Waals surface area contributed by atoms with Crippen molar-refractivity contribution < 1.29 is 4.79 Å². The third-order valence-electron chi connectivity index (χ3n) is 4.73. The van der Waals surface area contributed by atoms with Crippen molar-refractivity contribution in [3.63, 3.8) is 0 Å². The van der Waals surface area contributed by atoms with E-state index in [1.165, 1.54) is 22.3 Å². The number of aromatic nitrogens is 1. The van der Waals surface area contributed by atoms with E-state index in [1.54, 1.807) is 17.8 Å². The van der Waals surface area contributed by atoms with Crippen LogP contribution < -0.4 is 0 Å². The van der Waals surface area contributed by atoms with Crippen LogP contribution in [0, 0.1) is 26.2 Å². The maximum atomic E-state index is 12.6. The zero-order chi connectivity index (χ0) is 20.7. The highest BCUT2D eigenvalue weighted by molar-refractivity contribution is 8.45. The van der Waals surface area contributed by atoms with Crippen molar-refractivity contribution >= 4 is 50.9 Å². The van der Waals surface area contributed by atoms with Gasteiger partial charge >= 0.3 is 0 Å². The van der Waals surface area contributed by atoms with Crippen LogP contribution in [0.3, 0.4) is 0 Å². The Labute approximate surface area is 178 Å². The fourth-order valence-corrected chi connectivity index (χ4v) is 5.23. The molecule has 0 saturated carbocycles. The van der Waals surface area contributed by atoms with Crippen molar-refractivity contribution in [2.75, 3.05) is 5.75 Å². The third kappa shape index (κ3) is 3.58. The molecule has 148 valence electrons. The lowest BCUT2D eigenvalue weighted by molar-refractivity contribution is -0.114. The second-order valence-corrected chi connectivity index (χ2v) is 9.29. The normalized spacial score (nSPS) is 17.7. The number of fused-ring (bicyclic) bond motifs is 1. The fourth-order valence-electron chi connectivity index (χ4n) is 3.41. The second-order valence-electron chi connectivity index (χ2n) is 6.82. The van der Waals surface area contributed by atoms with Crippen LogP contribution in [-0.4, -0.2) is 36.6 Å². The highest BCUT2D eigenvalue weighted by Gasteiger charge is 2.35. The van der Waals surface area contributed by atoms with Crippen molar-refractivity contribution in [3.05, 3.63) is 58.4 Å². The van der Waals surface area contributed by atoms with Crippen LogP contribution in [0.2, 0.25) is 0 Å². The molecular formula is C21H21N5OS2. The maximum Gasteiger partial charge on any atom is 0.283 e. The predicted molar refractivity (Wildman–Crippen MR) is 123 cm³/mol. The van der Waals surface area contributed by atoms with Crippen LogP contribution in [0.1, 0.15) is 29.4 Å². The summed E-state index contributed by atoms with van der Waals surface area (Å²) in [6.45, 7) is 8.17. The maximum absolute atomic E-state index is 12.6. The van der Waals surface area contributed by atoms with E-state index in [0.29, 0.717) is 5.17 Å². The summed E-state index contributed by atoms with van der Waals surface area (Å²) in [5, 5.41) is 14.9. The van der Waals surface area contributed by atoms with Gasteiger partial charge in [0.05, 0.1) is 5.57 Å². The van der Waals surface area contributed by atoms with Gasteiger partial charge in [0, 0.05) is 17.1 Å². The third-order valence-corrected chi connectivity index (χ3v) is 6.66. The van der Waals surface area contributed by atoms with Gasteiger partial charge in [-0.15, -0.1) is 5.10 Å². The number of hydrogen-bond acceptors (Lipinski definition) is 5. The minimum absolute atomic E-state index is 0.0690. The molecule has 2 aliphatic heterocycles. The minimum Gasteiger partial charge on any atom is -0.318 e. The summed E-state index contributed by atoms with van der Waals surface area (Å²) in [5.74, 6) is 0.550. The molecule has 1 N–H and O–H groups in total. The molecule has 2 aromatic rings. The molecule has 29 heavy (non-hydrogen) atoms. The summed E-state index contributed by atoms with van der Waals surface area (Å²) in [7, 11) is 0. The largest absolute Gasteiger partial charge is 0.318 e.